The number of hydrogen-bond acceptors (Lipinski definition) is 2. The van der Waals surface area contributed by atoms with Crippen molar-refractivity contribution in [2.45, 2.75) is 38.8 Å². The van der Waals surface area contributed by atoms with Crippen molar-refractivity contribution in [2.24, 2.45) is 5.92 Å². The minimum Gasteiger partial charge on any atom is -0.312 e. The number of nitrogens with zero attached hydrogens (tertiary/aromatic N) is 2. The molecule has 1 aliphatic carbocycles. The monoisotopic (exact) mass is 269 g/mol. The Kier molecular flexibility index (Phi) is 4.16. The van der Waals surface area contributed by atoms with Crippen LogP contribution in [0.3, 0.4) is 0 Å². The fraction of sp³-hybridized carbons (Fsp3) is 0.471. The maximum absolute atomic E-state index is 4.53. The van der Waals surface area contributed by atoms with E-state index in [-0.39, 0.29) is 0 Å². The van der Waals surface area contributed by atoms with Gasteiger partial charge in [0.2, 0.25) is 0 Å². The van der Waals surface area contributed by atoms with Gasteiger partial charge in [0.05, 0.1) is 12.7 Å². The molecule has 106 valence electrons. The summed E-state index contributed by atoms with van der Waals surface area (Å²) in [5.74, 6) is 0.853. The van der Waals surface area contributed by atoms with Gasteiger partial charge in [0.25, 0.3) is 0 Å². The Morgan fingerprint density at radius 3 is 2.75 bits per heavy atom. The summed E-state index contributed by atoms with van der Waals surface area (Å²) in [4.78, 5) is 0. The summed E-state index contributed by atoms with van der Waals surface area (Å²) in [5, 5.41) is 8.20. The molecule has 1 atom stereocenters. The normalized spacial score (nSPS) is 16.2. The van der Waals surface area contributed by atoms with E-state index >= 15 is 0 Å². The van der Waals surface area contributed by atoms with Crippen LogP contribution in [0.2, 0.25) is 0 Å². The lowest BCUT2D eigenvalue weighted by Crippen LogP contribution is -2.35. The minimum atomic E-state index is 0.582. The quantitative estimate of drug-likeness (QED) is 0.835. The third-order valence-electron chi connectivity index (χ3n) is 3.97. The lowest BCUT2D eigenvalue weighted by atomic mass is 10.1. The summed E-state index contributed by atoms with van der Waals surface area (Å²) in [6.07, 6.45) is 8.07. The lowest BCUT2D eigenvalue weighted by molar-refractivity contribution is 0.390. The van der Waals surface area contributed by atoms with Gasteiger partial charge < -0.3 is 5.32 Å². The molecule has 1 aromatic heterocycles. The molecule has 0 saturated heterocycles. The maximum atomic E-state index is 4.53. The van der Waals surface area contributed by atoms with Crippen molar-refractivity contribution < 1.29 is 0 Å². The van der Waals surface area contributed by atoms with Crippen LogP contribution in [0.25, 0.3) is 11.1 Å². The van der Waals surface area contributed by atoms with Gasteiger partial charge in [-0.2, -0.15) is 5.10 Å². The van der Waals surface area contributed by atoms with Crippen LogP contribution in [0.5, 0.6) is 0 Å². The van der Waals surface area contributed by atoms with Gasteiger partial charge in [-0.1, -0.05) is 37.3 Å². The summed E-state index contributed by atoms with van der Waals surface area (Å²) in [6, 6.07) is 11.0. The topological polar surface area (TPSA) is 29.9 Å². The van der Waals surface area contributed by atoms with E-state index in [0.717, 1.165) is 19.0 Å². The average molecular weight is 269 g/mol. The highest BCUT2D eigenvalue weighted by atomic mass is 15.3. The zero-order valence-electron chi connectivity index (χ0n) is 12.1. The molecule has 1 aromatic carbocycles. The molecule has 20 heavy (non-hydrogen) atoms. The molecule has 1 heterocycles. The summed E-state index contributed by atoms with van der Waals surface area (Å²) >= 11 is 0. The van der Waals surface area contributed by atoms with Gasteiger partial charge in [0.1, 0.15) is 0 Å². The largest absolute Gasteiger partial charge is 0.312 e. The molecule has 3 nitrogen and oxygen atoms in total. The van der Waals surface area contributed by atoms with E-state index in [9.17, 15) is 0 Å². The van der Waals surface area contributed by atoms with E-state index in [2.05, 4.69) is 52.5 Å². The van der Waals surface area contributed by atoms with Crippen LogP contribution in [0.4, 0.5) is 0 Å². The summed E-state index contributed by atoms with van der Waals surface area (Å²) in [5.41, 5.74) is 2.44. The van der Waals surface area contributed by atoms with Crippen LogP contribution < -0.4 is 5.32 Å². The van der Waals surface area contributed by atoms with E-state index in [1.54, 1.807) is 0 Å². The molecule has 1 fully saturated rings. The van der Waals surface area contributed by atoms with Gasteiger partial charge >= 0.3 is 0 Å². The standard InChI is InChI=1S/C17H23N3/c1-2-10-18-17(15-8-9-15)13-20-12-16(11-19-20)14-6-4-3-5-7-14/h3-7,11-12,15,17-18H,2,8-10,13H2,1H3. The number of nitrogens with one attached hydrogen (secondary N) is 1. The van der Waals surface area contributed by atoms with Crippen molar-refractivity contribution in [1.29, 1.82) is 0 Å². The van der Waals surface area contributed by atoms with Crippen molar-refractivity contribution in [3.63, 3.8) is 0 Å². The SMILES string of the molecule is CCCNC(Cn1cc(-c2ccccc2)cn1)C1CC1. The Morgan fingerprint density at radius 1 is 1.25 bits per heavy atom. The van der Waals surface area contributed by atoms with Crippen molar-refractivity contribution in [2.75, 3.05) is 6.54 Å². The smallest absolute Gasteiger partial charge is 0.0568 e. The first-order valence-corrected chi connectivity index (χ1v) is 7.68. The highest BCUT2D eigenvalue weighted by Crippen LogP contribution is 2.33. The van der Waals surface area contributed by atoms with Crippen molar-refractivity contribution in [3.05, 3.63) is 42.7 Å². The first kappa shape index (κ1) is 13.4. The third kappa shape index (κ3) is 3.28. The van der Waals surface area contributed by atoms with E-state index in [0.29, 0.717) is 6.04 Å². The first-order valence-electron chi connectivity index (χ1n) is 7.68. The summed E-state index contributed by atoms with van der Waals surface area (Å²) in [7, 11) is 0. The second kappa shape index (κ2) is 6.23. The predicted octanol–water partition coefficient (Wildman–Crippen LogP) is 3.33. The maximum Gasteiger partial charge on any atom is 0.0568 e. The fourth-order valence-electron chi connectivity index (χ4n) is 2.65. The second-order valence-corrected chi connectivity index (χ2v) is 5.72. The molecule has 0 spiro atoms. The average Bonchev–Trinajstić information content (AvgIpc) is 3.23. The van der Waals surface area contributed by atoms with Crippen LogP contribution in [0.1, 0.15) is 26.2 Å². The molecule has 1 aliphatic rings. The molecule has 1 unspecified atom stereocenters. The number of hydrogen-bond donors (Lipinski definition) is 1. The molecule has 2 aromatic rings. The number of benzene rings is 1. The van der Waals surface area contributed by atoms with Crippen molar-refractivity contribution in [1.82, 2.24) is 15.1 Å². The van der Waals surface area contributed by atoms with Gasteiger partial charge in [-0.3, -0.25) is 4.68 Å². The predicted molar refractivity (Wildman–Crippen MR) is 82.5 cm³/mol. The first-order chi connectivity index (χ1) is 9.86. The molecule has 0 radical (unpaired) electrons. The Hall–Kier alpha value is -1.61. The van der Waals surface area contributed by atoms with Crippen LogP contribution in [-0.2, 0) is 6.54 Å². The highest BCUT2D eigenvalue weighted by molar-refractivity contribution is 5.61. The van der Waals surface area contributed by atoms with Gasteiger partial charge in [-0.15, -0.1) is 0 Å². The molecular weight excluding hydrogens is 246 g/mol. The van der Waals surface area contributed by atoms with E-state index in [4.69, 9.17) is 0 Å². The van der Waals surface area contributed by atoms with Gasteiger partial charge in [0, 0.05) is 17.8 Å². The lowest BCUT2D eigenvalue weighted by Gasteiger charge is -2.17. The summed E-state index contributed by atoms with van der Waals surface area (Å²) in [6.45, 7) is 4.31. The van der Waals surface area contributed by atoms with E-state index in [1.807, 2.05) is 12.3 Å². The van der Waals surface area contributed by atoms with E-state index < -0.39 is 0 Å². The molecule has 0 aliphatic heterocycles. The van der Waals surface area contributed by atoms with Gasteiger partial charge in [-0.25, -0.2) is 0 Å². The number of rotatable bonds is 7. The Bertz CT molecular complexity index is 528. The molecule has 0 amide bonds. The zero-order chi connectivity index (χ0) is 13.8. The summed E-state index contributed by atoms with van der Waals surface area (Å²) < 4.78 is 2.09. The zero-order valence-corrected chi connectivity index (χ0v) is 12.1. The molecular formula is C17H23N3. The minimum absolute atomic E-state index is 0.582. The second-order valence-electron chi connectivity index (χ2n) is 5.72. The molecule has 0 bridgehead atoms. The molecule has 3 rings (SSSR count). The van der Waals surface area contributed by atoms with Crippen molar-refractivity contribution in [3.8, 4) is 11.1 Å². The molecule has 1 N–H and O–H groups in total. The van der Waals surface area contributed by atoms with Crippen LogP contribution in [-0.4, -0.2) is 22.4 Å². The van der Waals surface area contributed by atoms with Crippen LogP contribution in [0.15, 0.2) is 42.7 Å². The van der Waals surface area contributed by atoms with Crippen LogP contribution >= 0.6 is 0 Å². The Morgan fingerprint density at radius 2 is 2.05 bits per heavy atom. The fourth-order valence-corrected chi connectivity index (χ4v) is 2.65. The van der Waals surface area contributed by atoms with Gasteiger partial charge in [0.15, 0.2) is 0 Å². The highest BCUT2D eigenvalue weighted by Gasteiger charge is 2.31. The third-order valence-corrected chi connectivity index (χ3v) is 3.97. The Labute approximate surface area is 121 Å². The van der Waals surface area contributed by atoms with Crippen molar-refractivity contribution >= 4 is 0 Å². The molecule has 3 heteroatoms. The van der Waals surface area contributed by atoms with Gasteiger partial charge in [-0.05, 0) is 37.3 Å². The molecule has 1 saturated carbocycles. The van der Waals surface area contributed by atoms with Crippen LogP contribution in [0, 0.1) is 5.92 Å². The van der Waals surface area contributed by atoms with E-state index in [1.165, 1.54) is 30.4 Å². The Balaban J connectivity index is 1.67. The number of aromatic nitrogens is 2.